The fraction of sp³-hybridized carbons (Fsp3) is 0.538. The highest BCUT2D eigenvalue weighted by atomic mass is 19.3. The first-order valence-electron chi connectivity index (χ1n) is 6.47. The van der Waals surface area contributed by atoms with Crippen molar-refractivity contribution in [1.29, 1.82) is 0 Å². The van der Waals surface area contributed by atoms with E-state index in [1.54, 1.807) is 12.1 Å². The van der Waals surface area contributed by atoms with Crippen LogP contribution in [0.3, 0.4) is 0 Å². The molecule has 0 spiro atoms. The van der Waals surface area contributed by atoms with Crippen LogP contribution in [0, 0.1) is 5.92 Å². The van der Waals surface area contributed by atoms with Crippen molar-refractivity contribution in [2.75, 3.05) is 19.8 Å². The molecule has 0 amide bonds. The molecule has 0 aliphatic carbocycles. The summed E-state index contributed by atoms with van der Waals surface area (Å²) in [6.45, 7) is 1.51. The SMILES string of the molecule is FC1(F)Oc2cccc(C34COCCC3CON4)c2O1. The van der Waals surface area contributed by atoms with Gasteiger partial charge in [0.2, 0.25) is 0 Å². The minimum absolute atomic E-state index is 0.0416. The fourth-order valence-electron chi connectivity index (χ4n) is 3.11. The second kappa shape index (κ2) is 4.03. The van der Waals surface area contributed by atoms with Gasteiger partial charge < -0.3 is 19.0 Å². The Morgan fingerprint density at radius 3 is 3.05 bits per heavy atom. The van der Waals surface area contributed by atoms with E-state index >= 15 is 0 Å². The Morgan fingerprint density at radius 2 is 2.15 bits per heavy atom. The molecule has 0 aromatic heterocycles. The zero-order valence-electron chi connectivity index (χ0n) is 10.5. The predicted molar refractivity (Wildman–Crippen MR) is 62.3 cm³/mol. The molecule has 7 heteroatoms. The maximum atomic E-state index is 13.3. The third-order valence-corrected chi connectivity index (χ3v) is 4.09. The van der Waals surface area contributed by atoms with Crippen LogP contribution in [0.5, 0.6) is 11.5 Å². The van der Waals surface area contributed by atoms with Crippen molar-refractivity contribution in [3.8, 4) is 11.5 Å². The number of rotatable bonds is 1. The fourth-order valence-corrected chi connectivity index (χ4v) is 3.11. The number of benzene rings is 1. The van der Waals surface area contributed by atoms with E-state index in [-0.39, 0.29) is 17.4 Å². The van der Waals surface area contributed by atoms with Gasteiger partial charge in [0.05, 0.1) is 13.2 Å². The Hall–Kier alpha value is -1.44. The molecule has 2 saturated heterocycles. The second-order valence-electron chi connectivity index (χ2n) is 5.22. The molecule has 1 aromatic rings. The molecule has 3 aliphatic heterocycles. The number of alkyl halides is 2. The molecule has 3 aliphatic rings. The van der Waals surface area contributed by atoms with Crippen molar-refractivity contribution in [3.63, 3.8) is 0 Å². The third-order valence-electron chi connectivity index (χ3n) is 4.09. The van der Waals surface area contributed by atoms with Gasteiger partial charge in [-0.2, -0.15) is 5.48 Å². The summed E-state index contributed by atoms with van der Waals surface area (Å²) in [5, 5.41) is 0. The zero-order chi connectivity index (χ0) is 13.8. The Balaban J connectivity index is 1.82. The Morgan fingerprint density at radius 1 is 1.25 bits per heavy atom. The molecule has 0 radical (unpaired) electrons. The molecular weight excluding hydrogens is 272 g/mol. The van der Waals surface area contributed by atoms with Crippen molar-refractivity contribution in [2.24, 2.45) is 5.92 Å². The molecule has 2 unspecified atom stereocenters. The van der Waals surface area contributed by atoms with Gasteiger partial charge >= 0.3 is 6.29 Å². The van der Waals surface area contributed by atoms with E-state index in [0.717, 1.165) is 6.42 Å². The average Bonchev–Trinajstić information content (AvgIpc) is 2.97. The third kappa shape index (κ3) is 1.63. The topological polar surface area (TPSA) is 49.0 Å². The molecule has 108 valence electrons. The van der Waals surface area contributed by atoms with E-state index in [9.17, 15) is 8.78 Å². The van der Waals surface area contributed by atoms with Crippen LogP contribution in [0.4, 0.5) is 8.78 Å². The number of hydrogen-bond acceptors (Lipinski definition) is 5. The summed E-state index contributed by atoms with van der Waals surface area (Å²) >= 11 is 0. The van der Waals surface area contributed by atoms with Gasteiger partial charge in [0, 0.05) is 18.1 Å². The highest BCUT2D eigenvalue weighted by Gasteiger charge is 2.53. The summed E-state index contributed by atoms with van der Waals surface area (Å²) in [5.41, 5.74) is 2.87. The van der Waals surface area contributed by atoms with Crippen molar-refractivity contribution >= 4 is 0 Å². The molecule has 4 rings (SSSR count). The maximum Gasteiger partial charge on any atom is 0.586 e. The highest BCUT2D eigenvalue weighted by Crippen LogP contribution is 2.50. The summed E-state index contributed by atoms with van der Waals surface area (Å²) < 4.78 is 41.3. The van der Waals surface area contributed by atoms with Crippen LogP contribution in [-0.2, 0) is 15.1 Å². The van der Waals surface area contributed by atoms with Crippen LogP contribution in [0.15, 0.2) is 18.2 Å². The summed E-state index contributed by atoms with van der Waals surface area (Å²) in [6.07, 6.45) is -2.83. The summed E-state index contributed by atoms with van der Waals surface area (Å²) in [4.78, 5) is 5.35. The number of halogens is 2. The largest absolute Gasteiger partial charge is 0.586 e. The molecule has 5 nitrogen and oxygen atoms in total. The lowest BCUT2D eigenvalue weighted by Crippen LogP contribution is -2.49. The van der Waals surface area contributed by atoms with Crippen LogP contribution < -0.4 is 15.0 Å². The molecule has 2 fully saturated rings. The van der Waals surface area contributed by atoms with Crippen molar-refractivity contribution < 1.29 is 27.8 Å². The van der Waals surface area contributed by atoms with E-state index in [0.29, 0.717) is 25.4 Å². The van der Waals surface area contributed by atoms with E-state index in [1.807, 2.05) is 0 Å². The Labute approximate surface area is 113 Å². The highest BCUT2D eigenvalue weighted by molar-refractivity contribution is 5.52. The van der Waals surface area contributed by atoms with E-state index in [2.05, 4.69) is 15.0 Å². The molecule has 20 heavy (non-hydrogen) atoms. The maximum absolute atomic E-state index is 13.3. The van der Waals surface area contributed by atoms with E-state index < -0.39 is 11.8 Å². The summed E-state index contributed by atoms with van der Waals surface area (Å²) in [7, 11) is 0. The number of para-hydroxylation sites is 1. The zero-order valence-corrected chi connectivity index (χ0v) is 10.5. The number of hydrogen-bond donors (Lipinski definition) is 1. The monoisotopic (exact) mass is 285 g/mol. The van der Waals surface area contributed by atoms with Crippen molar-refractivity contribution in [3.05, 3.63) is 23.8 Å². The first-order chi connectivity index (χ1) is 9.61. The smallest absolute Gasteiger partial charge is 0.395 e. The molecular formula is C13H13F2NO4. The number of ether oxygens (including phenoxy) is 3. The van der Waals surface area contributed by atoms with Crippen molar-refractivity contribution in [1.82, 2.24) is 5.48 Å². The molecule has 1 aromatic carbocycles. The van der Waals surface area contributed by atoms with Crippen LogP contribution >= 0.6 is 0 Å². The molecule has 1 N–H and O–H groups in total. The lowest BCUT2D eigenvalue weighted by molar-refractivity contribution is -0.287. The van der Waals surface area contributed by atoms with Gasteiger partial charge in [0.1, 0.15) is 5.54 Å². The number of hydroxylamine groups is 1. The Bertz CT molecular complexity index is 553. The minimum Gasteiger partial charge on any atom is -0.395 e. The second-order valence-corrected chi connectivity index (χ2v) is 5.22. The standard InChI is InChI=1S/C13H13F2NO4/c14-13(15)19-10-3-1-2-9(11(10)20-13)12-7-17-5-4-8(12)6-18-16-12/h1-3,8,16H,4-7H2. The van der Waals surface area contributed by atoms with Crippen LogP contribution in [0.2, 0.25) is 0 Å². The van der Waals surface area contributed by atoms with E-state index in [1.165, 1.54) is 6.07 Å². The van der Waals surface area contributed by atoms with Gasteiger partial charge in [-0.1, -0.05) is 12.1 Å². The lowest BCUT2D eigenvalue weighted by Gasteiger charge is -2.37. The summed E-state index contributed by atoms with van der Waals surface area (Å²) in [5.74, 6) is 0.256. The lowest BCUT2D eigenvalue weighted by atomic mass is 9.77. The minimum atomic E-state index is -3.63. The molecule has 0 saturated carbocycles. The van der Waals surface area contributed by atoms with E-state index in [4.69, 9.17) is 9.57 Å². The first-order valence-corrected chi connectivity index (χ1v) is 6.47. The Kier molecular flexibility index (Phi) is 2.48. The van der Waals surface area contributed by atoms with Gasteiger partial charge in [0.25, 0.3) is 0 Å². The molecule has 2 atom stereocenters. The van der Waals surface area contributed by atoms with Gasteiger partial charge in [-0.15, -0.1) is 8.78 Å². The van der Waals surface area contributed by atoms with Crippen LogP contribution in [0.1, 0.15) is 12.0 Å². The summed E-state index contributed by atoms with van der Waals surface area (Å²) in [6, 6.07) is 4.87. The van der Waals surface area contributed by atoms with Gasteiger partial charge in [-0.3, -0.25) is 0 Å². The van der Waals surface area contributed by atoms with Crippen molar-refractivity contribution in [2.45, 2.75) is 18.3 Å². The predicted octanol–water partition coefficient (Wildman–Crippen LogP) is 1.77. The molecule has 0 bridgehead atoms. The quantitative estimate of drug-likeness (QED) is 0.852. The molecule has 3 heterocycles. The van der Waals surface area contributed by atoms with Gasteiger partial charge in [-0.25, -0.2) is 0 Å². The average molecular weight is 285 g/mol. The number of nitrogens with one attached hydrogen (secondary N) is 1. The van der Waals surface area contributed by atoms with Crippen LogP contribution in [0.25, 0.3) is 0 Å². The first kappa shape index (κ1) is 12.3. The van der Waals surface area contributed by atoms with Crippen LogP contribution in [-0.4, -0.2) is 26.1 Å². The van der Waals surface area contributed by atoms with Gasteiger partial charge in [-0.05, 0) is 12.5 Å². The van der Waals surface area contributed by atoms with Gasteiger partial charge in [0.15, 0.2) is 11.5 Å². The normalized spacial score (nSPS) is 34.0. The number of fused-ring (bicyclic) bond motifs is 2.